The number of nitrogens with two attached hydrogens (primary N) is 1. The second kappa shape index (κ2) is 10.1. The molecule has 0 saturated carbocycles. The van der Waals surface area contributed by atoms with Crippen LogP contribution in [0.4, 0.5) is 0 Å². The summed E-state index contributed by atoms with van der Waals surface area (Å²) >= 11 is 0. The molecule has 1 fully saturated rings. The van der Waals surface area contributed by atoms with E-state index in [1.165, 1.54) is 0 Å². The molecular weight excluding hydrogens is 344 g/mol. The van der Waals surface area contributed by atoms with Gasteiger partial charge in [0.05, 0.1) is 19.2 Å². The van der Waals surface area contributed by atoms with Crippen molar-refractivity contribution >= 4 is 23.7 Å². The Hall–Kier alpha value is -2.20. The first-order chi connectivity index (χ1) is 12.2. The quantitative estimate of drug-likeness (QED) is 0.313. The van der Waals surface area contributed by atoms with E-state index in [4.69, 9.17) is 10.8 Å². The predicted octanol–water partition coefficient (Wildman–Crippen LogP) is -1.97. The maximum Gasteiger partial charge on any atom is 0.326 e. The summed E-state index contributed by atoms with van der Waals surface area (Å²) < 4.78 is 0. The molecule has 4 atom stereocenters. The predicted molar refractivity (Wildman–Crippen MR) is 91.8 cm³/mol. The van der Waals surface area contributed by atoms with E-state index in [-0.39, 0.29) is 12.5 Å². The van der Waals surface area contributed by atoms with Crippen LogP contribution in [0.1, 0.15) is 33.1 Å². The molecule has 26 heavy (non-hydrogen) atoms. The highest BCUT2D eigenvalue weighted by Crippen LogP contribution is 2.18. The zero-order chi connectivity index (χ0) is 19.9. The molecule has 1 saturated heterocycles. The first-order valence-corrected chi connectivity index (χ1v) is 8.69. The largest absolute Gasteiger partial charge is 0.480 e. The van der Waals surface area contributed by atoms with Crippen LogP contribution < -0.4 is 16.4 Å². The number of aliphatic hydroxyl groups is 1. The minimum atomic E-state index is -1.26. The van der Waals surface area contributed by atoms with E-state index in [1.54, 1.807) is 0 Å². The number of carbonyl (C=O) groups is 4. The van der Waals surface area contributed by atoms with Crippen LogP contribution in [0.5, 0.6) is 0 Å². The van der Waals surface area contributed by atoms with Crippen LogP contribution in [0, 0.1) is 5.92 Å². The minimum Gasteiger partial charge on any atom is -0.480 e. The molecule has 0 aromatic heterocycles. The maximum atomic E-state index is 12.4. The summed E-state index contributed by atoms with van der Waals surface area (Å²) in [5, 5.41) is 23.2. The number of rotatable bonds is 9. The first-order valence-electron chi connectivity index (χ1n) is 8.69. The van der Waals surface area contributed by atoms with E-state index < -0.39 is 55.0 Å². The van der Waals surface area contributed by atoms with Gasteiger partial charge in [-0.2, -0.15) is 0 Å². The average Bonchev–Trinajstić information content (AvgIpc) is 3.12. The fourth-order valence-corrected chi connectivity index (χ4v) is 2.72. The van der Waals surface area contributed by atoms with Crippen LogP contribution in [-0.4, -0.2) is 76.6 Å². The number of hydrogen-bond acceptors (Lipinski definition) is 6. The van der Waals surface area contributed by atoms with Crippen molar-refractivity contribution in [3.63, 3.8) is 0 Å². The van der Waals surface area contributed by atoms with E-state index >= 15 is 0 Å². The van der Waals surface area contributed by atoms with Gasteiger partial charge in [-0.25, -0.2) is 4.79 Å². The highest BCUT2D eigenvalue weighted by Gasteiger charge is 2.37. The van der Waals surface area contributed by atoms with Crippen LogP contribution in [-0.2, 0) is 19.2 Å². The van der Waals surface area contributed by atoms with Crippen molar-refractivity contribution in [1.29, 1.82) is 0 Å². The molecule has 0 radical (unpaired) electrons. The van der Waals surface area contributed by atoms with Crippen molar-refractivity contribution in [1.82, 2.24) is 15.5 Å². The molecule has 10 heteroatoms. The van der Waals surface area contributed by atoms with Crippen molar-refractivity contribution < 1.29 is 29.4 Å². The standard InChI is InChI=1S/C16H28N4O6/c1-3-9(2)13(17)14(23)18-7-12(22)19-10(8-21)15(24)20-6-4-5-11(20)16(25)26/h9-11,13,21H,3-8,17H2,1-2H3,(H,18,23)(H,19,22)(H,25,26). The summed E-state index contributed by atoms with van der Waals surface area (Å²) in [6.45, 7) is 2.90. The highest BCUT2D eigenvalue weighted by molar-refractivity contribution is 5.92. The molecule has 0 bridgehead atoms. The lowest BCUT2D eigenvalue weighted by Crippen LogP contribution is -2.55. The number of amides is 3. The summed E-state index contributed by atoms with van der Waals surface area (Å²) in [5.74, 6) is -2.98. The second-order valence-electron chi connectivity index (χ2n) is 6.46. The Kier molecular flexibility index (Phi) is 8.46. The Morgan fingerprint density at radius 2 is 1.96 bits per heavy atom. The van der Waals surface area contributed by atoms with E-state index in [0.29, 0.717) is 19.3 Å². The summed E-state index contributed by atoms with van der Waals surface area (Å²) in [5.41, 5.74) is 5.76. The SMILES string of the molecule is CCC(C)C(N)C(=O)NCC(=O)NC(CO)C(=O)N1CCCC1C(=O)O. The molecule has 148 valence electrons. The summed E-state index contributed by atoms with van der Waals surface area (Å²) in [4.78, 5) is 48.5. The Bertz CT molecular complexity index is 541. The zero-order valence-electron chi connectivity index (χ0n) is 15.1. The van der Waals surface area contributed by atoms with Gasteiger partial charge in [0.15, 0.2) is 0 Å². The van der Waals surface area contributed by atoms with E-state index in [1.807, 2.05) is 13.8 Å². The van der Waals surface area contributed by atoms with Crippen LogP contribution >= 0.6 is 0 Å². The second-order valence-corrected chi connectivity index (χ2v) is 6.46. The lowest BCUT2D eigenvalue weighted by molar-refractivity contribution is -0.149. The first kappa shape index (κ1) is 21.8. The van der Waals surface area contributed by atoms with Gasteiger partial charge >= 0.3 is 5.97 Å². The smallest absolute Gasteiger partial charge is 0.326 e. The molecule has 1 rings (SSSR count). The molecule has 1 aliphatic heterocycles. The summed E-state index contributed by atoms with van der Waals surface area (Å²) in [7, 11) is 0. The number of carboxylic acids is 1. The molecule has 0 aliphatic carbocycles. The summed E-state index contributed by atoms with van der Waals surface area (Å²) in [6, 6.07) is -2.96. The normalized spacial score (nSPS) is 20.2. The summed E-state index contributed by atoms with van der Waals surface area (Å²) in [6.07, 6.45) is 1.58. The minimum absolute atomic E-state index is 0.0482. The third-order valence-electron chi connectivity index (χ3n) is 4.62. The fourth-order valence-electron chi connectivity index (χ4n) is 2.72. The van der Waals surface area contributed by atoms with Crippen LogP contribution in [0.2, 0.25) is 0 Å². The number of nitrogens with zero attached hydrogens (tertiary/aromatic N) is 1. The molecular formula is C16H28N4O6. The third-order valence-corrected chi connectivity index (χ3v) is 4.62. The van der Waals surface area contributed by atoms with Crippen molar-refractivity contribution in [2.75, 3.05) is 19.7 Å². The van der Waals surface area contributed by atoms with Crippen molar-refractivity contribution in [3.05, 3.63) is 0 Å². The van der Waals surface area contributed by atoms with Gasteiger partial charge < -0.3 is 31.5 Å². The van der Waals surface area contributed by atoms with Gasteiger partial charge in [-0.15, -0.1) is 0 Å². The van der Waals surface area contributed by atoms with E-state index in [2.05, 4.69) is 10.6 Å². The van der Waals surface area contributed by atoms with Gasteiger partial charge in [0.2, 0.25) is 17.7 Å². The number of hydrogen-bond donors (Lipinski definition) is 5. The number of aliphatic hydroxyl groups excluding tert-OH is 1. The molecule has 3 amide bonds. The molecule has 0 aromatic carbocycles. The lowest BCUT2D eigenvalue weighted by atomic mass is 9.99. The number of carbonyl (C=O) groups excluding carboxylic acids is 3. The van der Waals surface area contributed by atoms with E-state index in [9.17, 15) is 24.3 Å². The molecule has 6 N–H and O–H groups in total. The number of nitrogens with one attached hydrogen (secondary N) is 2. The number of aliphatic carboxylic acids is 1. The zero-order valence-corrected chi connectivity index (χ0v) is 15.1. The van der Waals surface area contributed by atoms with Gasteiger partial charge in [-0.05, 0) is 18.8 Å². The fraction of sp³-hybridized carbons (Fsp3) is 0.750. The van der Waals surface area contributed by atoms with Gasteiger partial charge in [0.1, 0.15) is 12.1 Å². The number of likely N-dealkylation sites (tertiary alicyclic amines) is 1. The number of carboxylic acid groups (broad SMARTS) is 1. The van der Waals surface area contributed by atoms with Crippen molar-refractivity contribution in [3.8, 4) is 0 Å². The van der Waals surface area contributed by atoms with Crippen molar-refractivity contribution in [2.24, 2.45) is 11.7 Å². The lowest BCUT2D eigenvalue weighted by Gasteiger charge is -2.26. The highest BCUT2D eigenvalue weighted by atomic mass is 16.4. The monoisotopic (exact) mass is 372 g/mol. The van der Waals surface area contributed by atoms with Gasteiger partial charge in [0.25, 0.3) is 0 Å². The van der Waals surface area contributed by atoms with Crippen LogP contribution in [0.15, 0.2) is 0 Å². The van der Waals surface area contributed by atoms with Crippen LogP contribution in [0.25, 0.3) is 0 Å². The molecule has 4 unspecified atom stereocenters. The van der Waals surface area contributed by atoms with Gasteiger partial charge in [0, 0.05) is 6.54 Å². The Balaban J connectivity index is 2.56. The van der Waals surface area contributed by atoms with Crippen molar-refractivity contribution in [2.45, 2.75) is 51.2 Å². The average molecular weight is 372 g/mol. The maximum absolute atomic E-state index is 12.4. The topological polar surface area (TPSA) is 162 Å². The van der Waals surface area contributed by atoms with E-state index in [0.717, 1.165) is 4.90 Å². The third kappa shape index (κ3) is 5.67. The molecule has 0 spiro atoms. The van der Waals surface area contributed by atoms with Gasteiger partial charge in [-0.3, -0.25) is 14.4 Å². The van der Waals surface area contributed by atoms with Gasteiger partial charge in [-0.1, -0.05) is 20.3 Å². The van der Waals surface area contributed by atoms with Crippen LogP contribution in [0.3, 0.4) is 0 Å². The molecule has 10 nitrogen and oxygen atoms in total. The molecule has 1 aliphatic rings. The Labute approximate surface area is 152 Å². The molecule has 1 heterocycles. The Morgan fingerprint density at radius 3 is 2.50 bits per heavy atom. The Morgan fingerprint density at radius 1 is 1.31 bits per heavy atom. The molecule has 0 aromatic rings.